The average molecular weight is 285 g/mol. The first-order valence-corrected chi connectivity index (χ1v) is 8.02. The van der Waals surface area contributed by atoms with Gasteiger partial charge in [0.2, 0.25) is 0 Å². The van der Waals surface area contributed by atoms with Crippen LogP contribution in [0.5, 0.6) is 5.75 Å². The summed E-state index contributed by atoms with van der Waals surface area (Å²) in [6.45, 7) is 3.79. The summed E-state index contributed by atoms with van der Waals surface area (Å²) in [5.41, 5.74) is 7.76. The van der Waals surface area contributed by atoms with Crippen molar-refractivity contribution in [3.8, 4) is 5.75 Å². The Labute approximate surface area is 113 Å². The number of rotatable bonds is 3. The monoisotopic (exact) mass is 285 g/mol. The van der Waals surface area contributed by atoms with Crippen LogP contribution in [0.2, 0.25) is 0 Å². The van der Waals surface area contributed by atoms with Crippen LogP contribution in [-0.2, 0) is 9.84 Å². The molecule has 1 aromatic carbocycles. The third kappa shape index (κ3) is 3.26. The van der Waals surface area contributed by atoms with Crippen LogP contribution in [0.4, 0.5) is 0 Å². The Morgan fingerprint density at radius 1 is 1.42 bits per heavy atom. The number of ether oxygens (including phenoxy) is 1. The Balaban J connectivity index is 2.25. The Hall–Kier alpha value is -1.11. The summed E-state index contributed by atoms with van der Waals surface area (Å²) < 4.78 is 28.6. The predicted molar refractivity (Wildman–Crippen MR) is 72.9 cm³/mol. The molecule has 2 rings (SSSR count). The molecule has 0 aliphatic carbocycles. The van der Waals surface area contributed by atoms with E-state index in [0.29, 0.717) is 5.75 Å². The van der Waals surface area contributed by atoms with Gasteiger partial charge in [0.05, 0.1) is 11.5 Å². The number of benzene rings is 1. The number of aliphatic hydroxyl groups is 1. The lowest BCUT2D eigenvalue weighted by Gasteiger charge is -2.20. The third-order valence-electron chi connectivity index (χ3n) is 3.21. The number of aryl methyl sites for hydroxylation is 1. The van der Waals surface area contributed by atoms with Gasteiger partial charge in [-0.1, -0.05) is 17.7 Å². The molecule has 1 fully saturated rings. The lowest BCUT2D eigenvalue weighted by molar-refractivity contribution is 0.0729. The first-order valence-electron chi connectivity index (χ1n) is 6.20. The zero-order valence-corrected chi connectivity index (χ0v) is 11.9. The molecule has 1 saturated heterocycles. The van der Waals surface area contributed by atoms with Gasteiger partial charge in [0.15, 0.2) is 9.84 Å². The summed E-state index contributed by atoms with van der Waals surface area (Å²) in [6, 6.07) is 5.34. The van der Waals surface area contributed by atoms with Gasteiger partial charge in [-0.15, -0.1) is 0 Å². The minimum absolute atomic E-state index is 0.152. The molecule has 106 valence electrons. The summed E-state index contributed by atoms with van der Waals surface area (Å²) in [6.07, 6.45) is -1.70. The Morgan fingerprint density at radius 3 is 2.63 bits per heavy atom. The van der Waals surface area contributed by atoms with Crippen molar-refractivity contribution >= 4 is 9.84 Å². The van der Waals surface area contributed by atoms with Crippen LogP contribution in [0.1, 0.15) is 24.1 Å². The van der Waals surface area contributed by atoms with E-state index in [1.165, 1.54) is 0 Å². The molecule has 0 amide bonds. The summed E-state index contributed by atoms with van der Waals surface area (Å²) in [7, 11) is -3.21. The molecule has 1 aromatic rings. The number of sulfone groups is 1. The first-order chi connectivity index (χ1) is 8.78. The Morgan fingerprint density at radius 2 is 2.11 bits per heavy atom. The highest BCUT2D eigenvalue weighted by molar-refractivity contribution is 7.91. The zero-order valence-electron chi connectivity index (χ0n) is 11.0. The van der Waals surface area contributed by atoms with Crippen LogP contribution < -0.4 is 10.5 Å². The second-order valence-electron chi connectivity index (χ2n) is 5.13. The molecule has 0 bridgehead atoms. The summed E-state index contributed by atoms with van der Waals surface area (Å²) in [5, 5.41) is 9.73. The summed E-state index contributed by atoms with van der Waals surface area (Å²) in [5.74, 6) is 0.152. The van der Waals surface area contributed by atoms with Crippen LogP contribution in [0.3, 0.4) is 0 Å². The number of aliphatic hydroxyl groups excluding tert-OH is 1. The van der Waals surface area contributed by atoms with Gasteiger partial charge in [-0.05, 0) is 19.9 Å². The van der Waals surface area contributed by atoms with Gasteiger partial charge in [-0.3, -0.25) is 0 Å². The van der Waals surface area contributed by atoms with E-state index in [4.69, 9.17) is 10.5 Å². The third-order valence-corrected chi connectivity index (χ3v) is 4.89. The van der Waals surface area contributed by atoms with E-state index in [2.05, 4.69) is 0 Å². The molecule has 3 N–H and O–H groups in total. The van der Waals surface area contributed by atoms with E-state index in [9.17, 15) is 13.5 Å². The van der Waals surface area contributed by atoms with E-state index in [0.717, 1.165) is 11.1 Å². The van der Waals surface area contributed by atoms with Crippen LogP contribution in [-0.4, -0.2) is 37.2 Å². The maximum Gasteiger partial charge on any atom is 0.156 e. The van der Waals surface area contributed by atoms with Crippen molar-refractivity contribution in [1.29, 1.82) is 0 Å². The molecular weight excluding hydrogens is 266 g/mol. The van der Waals surface area contributed by atoms with Crippen LogP contribution >= 0.6 is 0 Å². The minimum atomic E-state index is -3.21. The Kier molecular flexibility index (Phi) is 3.85. The molecule has 0 spiro atoms. The fourth-order valence-electron chi connectivity index (χ4n) is 2.20. The largest absolute Gasteiger partial charge is 0.486 e. The second kappa shape index (κ2) is 5.11. The van der Waals surface area contributed by atoms with Crippen molar-refractivity contribution in [2.24, 2.45) is 5.73 Å². The normalized spacial score (nSPS) is 27.2. The summed E-state index contributed by atoms with van der Waals surface area (Å²) >= 11 is 0. The Bertz CT molecular complexity index is 568. The van der Waals surface area contributed by atoms with Crippen molar-refractivity contribution in [1.82, 2.24) is 0 Å². The molecule has 2 unspecified atom stereocenters. The first kappa shape index (κ1) is 14.3. The fourth-order valence-corrected chi connectivity index (χ4v) is 3.87. The van der Waals surface area contributed by atoms with Crippen molar-refractivity contribution in [3.63, 3.8) is 0 Å². The quantitative estimate of drug-likeness (QED) is 0.846. The zero-order chi connectivity index (χ0) is 14.2. The van der Waals surface area contributed by atoms with Gasteiger partial charge in [-0.25, -0.2) is 8.42 Å². The maximum atomic E-state index is 11.4. The second-order valence-corrected chi connectivity index (χ2v) is 7.28. The highest BCUT2D eigenvalue weighted by Crippen LogP contribution is 2.28. The van der Waals surface area contributed by atoms with E-state index in [-0.39, 0.29) is 17.5 Å². The van der Waals surface area contributed by atoms with E-state index < -0.39 is 22.0 Å². The lowest BCUT2D eigenvalue weighted by atomic mass is 10.0. The van der Waals surface area contributed by atoms with Crippen LogP contribution in [0.25, 0.3) is 0 Å². The highest BCUT2D eigenvalue weighted by atomic mass is 32.2. The van der Waals surface area contributed by atoms with Gasteiger partial charge in [0.25, 0.3) is 0 Å². The standard InChI is InChI=1S/C13H19NO4S/c1-8-3-4-12(10(5-8)9(2)14)18-13-7-19(16,17)6-11(13)15/h3-5,9,11,13,15H,6-7,14H2,1-2H3/t9-,11?,13?/m1/s1. The van der Waals surface area contributed by atoms with Crippen molar-refractivity contribution in [3.05, 3.63) is 29.3 Å². The van der Waals surface area contributed by atoms with E-state index >= 15 is 0 Å². The molecule has 0 saturated carbocycles. The molecule has 1 aliphatic heterocycles. The van der Waals surface area contributed by atoms with Gasteiger partial charge >= 0.3 is 0 Å². The smallest absolute Gasteiger partial charge is 0.156 e. The van der Waals surface area contributed by atoms with Gasteiger partial charge in [-0.2, -0.15) is 0 Å². The number of hydrogen-bond donors (Lipinski definition) is 2. The molecule has 5 nitrogen and oxygen atoms in total. The number of nitrogens with two attached hydrogens (primary N) is 1. The molecule has 19 heavy (non-hydrogen) atoms. The predicted octanol–water partition coefficient (Wildman–Crippen LogP) is 0.551. The number of hydrogen-bond acceptors (Lipinski definition) is 5. The SMILES string of the molecule is Cc1ccc(OC2CS(=O)(=O)CC2O)c([C@@H](C)N)c1. The highest BCUT2D eigenvalue weighted by Gasteiger charge is 2.38. The molecular formula is C13H19NO4S. The molecule has 6 heteroatoms. The molecule has 0 aromatic heterocycles. The maximum absolute atomic E-state index is 11.4. The van der Waals surface area contributed by atoms with Crippen LogP contribution in [0.15, 0.2) is 18.2 Å². The molecule has 1 aliphatic rings. The van der Waals surface area contributed by atoms with Crippen LogP contribution in [0, 0.1) is 6.92 Å². The van der Waals surface area contributed by atoms with Gasteiger partial charge < -0.3 is 15.6 Å². The molecule has 1 heterocycles. The topological polar surface area (TPSA) is 89.6 Å². The lowest BCUT2D eigenvalue weighted by Crippen LogP contribution is -2.30. The van der Waals surface area contributed by atoms with E-state index in [1.807, 2.05) is 26.0 Å². The van der Waals surface area contributed by atoms with Crippen molar-refractivity contribution in [2.45, 2.75) is 32.1 Å². The van der Waals surface area contributed by atoms with E-state index in [1.54, 1.807) is 6.07 Å². The fraction of sp³-hybridized carbons (Fsp3) is 0.538. The molecule has 3 atom stereocenters. The average Bonchev–Trinajstić information content (AvgIpc) is 2.54. The molecule has 0 radical (unpaired) electrons. The van der Waals surface area contributed by atoms with Gasteiger partial charge in [0.1, 0.15) is 18.0 Å². The van der Waals surface area contributed by atoms with Crippen molar-refractivity contribution < 1.29 is 18.3 Å². The van der Waals surface area contributed by atoms with Crippen molar-refractivity contribution in [2.75, 3.05) is 11.5 Å². The summed E-state index contributed by atoms with van der Waals surface area (Å²) in [4.78, 5) is 0. The van der Waals surface area contributed by atoms with Gasteiger partial charge in [0, 0.05) is 11.6 Å². The minimum Gasteiger partial charge on any atom is -0.486 e.